The number of hydrogen-bond acceptors (Lipinski definition) is 2. The fourth-order valence-electron chi connectivity index (χ4n) is 2.92. The summed E-state index contributed by atoms with van der Waals surface area (Å²) in [5.41, 5.74) is 5.73. The lowest BCUT2D eigenvalue weighted by Gasteiger charge is -2.32. The van der Waals surface area contributed by atoms with Crippen molar-refractivity contribution in [3.8, 4) is 6.07 Å². The van der Waals surface area contributed by atoms with Crippen LogP contribution in [0.5, 0.6) is 0 Å². The number of hydrogen-bond donors (Lipinski definition) is 0. The molecule has 0 bridgehead atoms. The highest BCUT2D eigenvalue weighted by Crippen LogP contribution is 2.30. The van der Waals surface area contributed by atoms with Gasteiger partial charge in [0.25, 0.3) is 0 Å². The molecule has 0 fully saturated rings. The van der Waals surface area contributed by atoms with Crippen molar-refractivity contribution >= 4 is 17.3 Å². The molecule has 0 saturated heterocycles. The predicted molar refractivity (Wildman–Crippen MR) is 86.7 cm³/mol. The molecule has 0 N–H and O–H groups in total. The van der Waals surface area contributed by atoms with Gasteiger partial charge < -0.3 is 4.90 Å². The van der Waals surface area contributed by atoms with Crippen molar-refractivity contribution in [2.24, 2.45) is 0 Å². The summed E-state index contributed by atoms with van der Waals surface area (Å²) in [6.07, 6.45) is 2.32. The van der Waals surface area contributed by atoms with Crippen LogP contribution in [0.25, 0.3) is 0 Å². The number of nitrogens with zero attached hydrogens (tertiary/aromatic N) is 2. The molecule has 0 spiro atoms. The van der Waals surface area contributed by atoms with E-state index in [1.165, 1.54) is 23.2 Å². The summed E-state index contributed by atoms with van der Waals surface area (Å²) in [6, 6.07) is 14.3. The van der Waals surface area contributed by atoms with Gasteiger partial charge in [-0.05, 0) is 49.1 Å². The fraction of sp³-hybridized carbons (Fsp3) is 0.278. The first-order valence-electron chi connectivity index (χ1n) is 7.20. The van der Waals surface area contributed by atoms with Gasteiger partial charge in [-0.2, -0.15) is 5.26 Å². The Hall–Kier alpha value is -1.98. The minimum Gasteiger partial charge on any atom is -0.367 e. The molecule has 2 aromatic carbocycles. The Morgan fingerprint density at radius 2 is 2.10 bits per heavy atom. The van der Waals surface area contributed by atoms with Crippen molar-refractivity contribution < 1.29 is 0 Å². The number of benzene rings is 2. The molecule has 1 heterocycles. The van der Waals surface area contributed by atoms with E-state index in [1.807, 2.05) is 12.1 Å². The number of nitriles is 1. The lowest BCUT2D eigenvalue weighted by Crippen LogP contribution is -2.28. The Labute approximate surface area is 130 Å². The highest BCUT2D eigenvalue weighted by atomic mass is 35.5. The first kappa shape index (κ1) is 14.0. The molecule has 0 unspecified atom stereocenters. The van der Waals surface area contributed by atoms with Gasteiger partial charge in [0.05, 0.1) is 11.6 Å². The predicted octanol–water partition coefficient (Wildman–Crippen LogP) is 4.47. The number of halogens is 1. The summed E-state index contributed by atoms with van der Waals surface area (Å²) in [4.78, 5) is 2.38. The van der Waals surface area contributed by atoms with Crippen LogP contribution in [0.1, 0.15) is 28.7 Å². The SMILES string of the molecule is Cc1ccc2c(c1)CCCN2Cc1ccc(C#N)cc1Cl. The second kappa shape index (κ2) is 5.79. The highest BCUT2D eigenvalue weighted by molar-refractivity contribution is 6.31. The molecule has 2 aromatic rings. The Morgan fingerprint density at radius 1 is 1.24 bits per heavy atom. The summed E-state index contributed by atoms with van der Waals surface area (Å²) in [6.45, 7) is 3.98. The smallest absolute Gasteiger partial charge is 0.0992 e. The van der Waals surface area contributed by atoms with Gasteiger partial charge in [-0.15, -0.1) is 0 Å². The van der Waals surface area contributed by atoms with Gasteiger partial charge in [0.2, 0.25) is 0 Å². The van der Waals surface area contributed by atoms with Crippen molar-refractivity contribution in [2.75, 3.05) is 11.4 Å². The minimum atomic E-state index is 0.610. The van der Waals surface area contributed by atoms with Gasteiger partial charge in [0, 0.05) is 23.8 Å². The number of rotatable bonds is 2. The zero-order chi connectivity index (χ0) is 14.8. The standard InChI is InChI=1S/C18H17ClN2/c1-13-4-7-18-15(9-13)3-2-8-21(18)12-16-6-5-14(11-20)10-17(16)19/h4-7,9-10H,2-3,8,12H2,1H3. The molecule has 3 rings (SSSR count). The van der Waals surface area contributed by atoms with Crippen LogP contribution in [0, 0.1) is 18.3 Å². The average molecular weight is 297 g/mol. The maximum absolute atomic E-state index is 8.91. The van der Waals surface area contributed by atoms with Crippen LogP contribution in [0.15, 0.2) is 36.4 Å². The molecule has 21 heavy (non-hydrogen) atoms. The van der Waals surface area contributed by atoms with Gasteiger partial charge in [-0.3, -0.25) is 0 Å². The van der Waals surface area contributed by atoms with E-state index in [0.717, 1.165) is 25.1 Å². The van der Waals surface area contributed by atoms with E-state index in [9.17, 15) is 0 Å². The maximum Gasteiger partial charge on any atom is 0.0992 e. The van der Waals surface area contributed by atoms with Crippen LogP contribution in [0.4, 0.5) is 5.69 Å². The normalized spacial score (nSPS) is 13.7. The molecule has 0 amide bonds. The van der Waals surface area contributed by atoms with Crippen LogP contribution in [-0.2, 0) is 13.0 Å². The molecule has 2 nitrogen and oxygen atoms in total. The van der Waals surface area contributed by atoms with Gasteiger partial charge in [-0.25, -0.2) is 0 Å². The van der Waals surface area contributed by atoms with Crippen molar-refractivity contribution in [3.63, 3.8) is 0 Å². The molecule has 0 aromatic heterocycles. The Bertz CT molecular complexity index is 716. The van der Waals surface area contributed by atoms with Crippen LogP contribution in [-0.4, -0.2) is 6.54 Å². The van der Waals surface area contributed by atoms with Crippen molar-refractivity contribution in [1.29, 1.82) is 5.26 Å². The van der Waals surface area contributed by atoms with E-state index in [1.54, 1.807) is 6.07 Å². The Morgan fingerprint density at radius 3 is 2.86 bits per heavy atom. The summed E-state index contributed by atoms with van der Waals surface area (Å²) in [7, 11) is 0. The third kappa shape index (κ3) is 2.89. The van der Waals surface area contributed by atoms with Crippen LogP contribution in [0.3, 0.4) is 0 Å². The maximum atomic E-state index is 8.91. The van der Waals surface area contributed by atoms with Crippen molar-refractivity contribution in [2.45, 2.75) is 26.3 Å². The zero-order valence-electron chi connectivity index (χ0n) is 12.1. The van der Waals surface area contributed by atoms with E-state index in [2.05, 4.69) is 36.1 Å². The summed E-state index contributed by atoms with van der Waals surface area (Å²) >= 11 is 6.30. The van der Waals surface area contributed by atoms with Crippen LogP contribution in [0.2, 0.25) is 5.02 Å². The minimum absolute atomic E-state index is 0.610. The van der Waals surface area contributed by atoms with Gasteiger partial charge in [-0.1, -0.05) is 35.4 Å². The number of aryl methyl sites for hydroxylation is 2. The first-order valence-corrected chi connectivity index (χ1v) is 7.58. The van der Waals surface area contributed by atoms with Crippen LogP contribution >= 0.6 is 11.6 Å². The highest BCUT2D eigenvalue weighted by Gasteiger charge is 2.17. The molecular weight excluding hydrogens is 280 g/mol. The lowest BCUT2D eigenvalue weighted by atomic mass is 9.99. The number of fused-ring (bicyclic) bond motifs is 1. The largest absolute Gasteiger partial charge is 0.367 e. The van der Waals surface area contributed by atoms with E-state index >= 15 is 0 Å². The number of anilines is 1. The zero-order valence-corrected chi connectivity index (χ0v) is 12.8. The molecule has 3 heteroatoms. The molecule has 1 aliphatic heterocycles. The molecule has 0 saturated carbocycles. The van der Waals surface area contributed by atoms with E-state index in [-0.39, 0.29) is 0 Å². The molecule has 0 radical (unpaired) electrons. The molecule has 0 atom stereocenters. The van der Waals surface area contributed by atoms with Gasteiger partial charge >= 0.3 is 0 Å². The second-order valence-corrected chi connectivity index (χ2v) is 5.98. The van der Waals surface area contributed by atoms with Gasteiger partial charge in [0.1, 0.15) is 0 Å². The van der Waals surface area contributed by atoms with Crippen LogP contribution < -0.4 is 4.90 Å². The third-order valence-corrected chi connectivity index (χ3v) is 4.35. The third-order valence-electron chi connectivity index (χ3n) is 3.99. The summed E-state index contributed by atoms with van der Waals surface area (Å²) < 4.78 is 0. The summed E-state index contributed by atoms with van der Waals surface area (Å²) in [5.74, 6) is 0. The molecular formula is C18H17ClN2. The van der Waals surface area contributed by atoms with E-state index in [4.69, 9.17) is 16.9 Å². The average Bonchev–Trinajstić information content (AvgIpc) is 2.49. The first-order chi connectivity index (χ1) is 10.2. The molecule has 106 valence electrons. The van der Waals surface area contributed by atoms with E-state index in [0.29, 0.717) is 10.6 Å². The summed E-state index contributed by atoms with van der Waals surface area (Å²) in [5, 5.41) is 9.59. The topological polar surface area (TPSA) is 27.0 Å². The van der Waals surface area contributed by atoms with Gasteiger partial charge in [0.15, 0.2) is 0 Å². The molecule has 0 aliphatic carbocycles. The fourth-order valence-corrected chi connectivity index (χ4v) is 3.16. The quantitative estimate of drug-likeness (QED) is 0.817. The lowest BCUT2D eigenvalue weighted by molar-refractivity contribution is 0.691. The molecule has 1 aliphatic rings. The Balaban J connectivity index is 1.89. The van der Waals surface area contributed by atoms with Crippen molar-refractivity contribution in [1.82, 2.24) is 0 Å². The Kier molecular flexibility index (Phi) is 3.86. The van der Waals surface area contributed by atoms with E-state index < -0.39 is 0 Å². The second-order valence-electron chi connectivity index (χ2n) is 5.58. The monoisotopic (exact) mass is 296 g/mol. The van der Waals surface area contributed by atoms with Crippen molar-refractivity contribution in [3.05, 3.63) is 63.7 Å².